The van der Waals surface area contributed by atoms with Crippen LogP contribution >= 0.6 is 0 Å². The maximum atomic E-state index is 12.3. The number of nitrogens with zero attached hydrogens (tertiary/aromatic N) is 3. The number of hydrogen-bond acceptors (Lipinski definition) is 6. The molecular weight excluding hydrogens is 426 g/mol. The lowest BCUT2D eigenvalue weighted by Gasteiger charge is -2.28. The Morgan fingerprint density at radius 3 is 2.71 bits per heavy atom. The third-order valence-electron chi connectivity index (χ3n) is 6.68. The first kappa shape index (κ1) is 20.7. The van der Waals surface area contributed by atoms with E-state index in [1.165, 1.54) is 0 Å². The van der Waals surface area contributed by atoms with Gasteiger partial charge in [-0.15, -0.1) is 0 Å². The van der Waals surface area contributed by atoms with E-state index in [9.17, 15) is 4.79 Å². The summed E-state index contributed by atoms with van der Waals surface area (Å²) in [7, 11) is 0. The number of pyridine rings is 2. The number of piperazine rings is 1. The van der Waals surface area contributed by atoms with Gasteiger partial charge in [0, 0.05) is 66.8 Å². The number of carbonyl (C=O) groups excluding carboxylic acids is 1. The lowest BCUT2D eigenvalue weighted by molar-refractivity contribution is 0.0940. The molecule has 2 aliphatic heterocycles. The molecule has 4 N–H and O–H groups in total. The lowest BCUT2D eigenvalue weighted by atomic mass is 9.91. The van der Waals surface area contributed by atoms with Crippen LogP contribution in [0.4, 0.5) is 17.2 Å². The van der Waals surface area contributed by atoms with Crippen LogP contribution in [0.5, 0.6) is 0 Å². The molecule has 1 saturated heterocycles. The summed E-state index contributed by atoms with van der Waals surface area (Å²) in [6.07, 6.45) is 5.66. The summed E-state index contributed by atoms with van der Waals surface area (Å²) in [5.74, 6) is 0.961. The van der Waals surface area contributed by atoms with Crippen molar-refractivity contribution in [2.24, 2.45) is 0 Å². The van der Waals surface area contributed by atoms with E-state index >= 15 is 0 Å². The summed E-state index contributed by atoms with van der Waals surface area (Å²) in [5, 5.41) is 10.9. The van der Waals surface area contributed by atoms with Crippen LogP contribution in [0.3, 0.4) is 0 Å². The first-order chi connectivity index (χ1) is 16.5. The van der Waals surface area contributed by atoms with Gasteiger partial charge in [0.15, 0.2) is 0 Å². The summed E-state index contributed by atoms with van der Waals surface area (Å²) in [6.45, 7) is 7.91. The normalized spacial score (nSPS) is 17.0. The summed E-state index contributed by atoms with van der Waals surface area (Å²) in [5.41, 5.74) is 6.19. The van der Waals surface area contributed by atoms with E-state index in [1.54, 1.807) is 0 Å². The predicted octanol–water partition coefficient (Wildman–Crippen LogP) is 3.76. The molecule has 34 heavy (non-hydrogen) atoms. The van der Waals surface area contributed by atoms with Gasteiger partial charge in [-0.1, -0.05) is 6.07 Å². The van der Waals surface area contributed by atoms with Crippen LogP contribution in [0.2, 0.25) is 0 Å². The fraction of sp³-hybridized carbons (Fsp3) is 0.269. The third kappa shape index (κ3) is 3.56. The van der Waals surface area contributed by atoms with Gasteiger partial charge in [0.2, 0.25) is 0 Å². The molecule has 3 aromatic heterocycles. The predicted molar refractivity (Wildman–Crippen MR) is 135 cm³/mol. The van der Waals surface area contributed by atoms with Crippen molar-refractivity contribution >= 4 is 34.1 Å². The largest absolute Gasteiger partial charge is 0.354 e. The summed E-state index contributed by atoms with van der Waals surface area (Å²) >= 11 is 0. The van der Waals surface area contributed by atoms with E-state index in [-0.39, 0.29) is 11.4 Å². The molecule has 1 amide bonds. The topological polar surface area (TPSA) is 98.0 Å². The highest BCUT2D eigenvalue weighted by molar-refractivity contribution is 6.02. The molecule has 5 heterocycles. The van der Waals surface area contributed by atoms with Crippen LogP contribution < -0.4 is 20.9 Å². The molecule has 2 aliphatic rings. The van der Waals surface area contributed by atoms with Crippen molar-refractivity contribution in [2.45, 2.75) is 19.4 Å². The second-order valence-electron chi connectivity index (χ2n) is 9.43. The van der Waals surface area contributed by atoms with E-state index in [1.807, 2.05) is 50.6 Å². The van der Waals surface area contributed by atoms with Gasteiger partial charge in [0.25, 0.3) is 5.91 Å². The highest BCUT2D eigenvalue weighted by atomic mass is 16.2. The molecule has 6 rings (SSSR count). The second-order valence-corrected chi connectivity index (χ2v) is 9.43. The molecule has 172 valence electrons. The zero-order chi connectivity index (χ0) is 23.3. The van der Waals surface area contributed by atoms with Gasteiger partial charge < -0.3 is 25.8 Å². The highest BCUT2D eigenvalue weighted by Crippen LogP contribution is 2.36. The van der Waals surface area contributed by atoms with E-state index in [2.05, 4.69) is 54.0 Å². The van der Waals surface area contributed by atoms with E-state index in [0.29, 0.717) is 0 Å². The van der Waals surface area contributed by atoms with Crippen molar-refractivity contribution in [2.75, 3.05) is 36.4 Å². The maximum absolute atomic E-state index is 12.3. The Morgan fingerprint density at radius 1 is 1.00 bits per heavy atom. The van der Waals surface area contributed by atoms with Gasteiger partial charge in [0.05, 0.1) is 17.4 Å². The molecule has 1 aromatic carbocycles. The Hall–Kier alpha value is -3.91. The minimum atomic E-state index is -0.386. The van der Waals surface area contributed by atoms with Crippen molar-refractivity contribution in [1.82, 2.24) is 25.6 Å². The Labute approximate surface area is 197 Å². The Morgan fingerprint density at radius 2 is 1.85 bits per heavy atom. The van der Waals surface area contributed by atoms with Gasteiger partial charge in [0.1, 0.15) is 11.5 Å². The maximum Gasteiger partial charge on any atom is 0.252 e. The number of nitrogens with one attached hydrogen (secondary N) is 4. The molecule has 8 heteroatoms. The second kappa shape index (κ2) is 7.85. The molecule has 0 atom stereocenters. The van der Waals surface area contributed by atoms with Gasteiger partial charge in [-0.2, -0.15) is 0 Å². The minimum Gasteiger partial charge on any atom is -0.354 e. The van der Waals surface area contributed by atoms with Crippen molar-refractivity contribution in [3.63, 3.8) is 0 Å². The molecule has 0 radical (unpaired) electrons. The SMILES string of the molecule is CC1(C)NC(=O)c2ccc(-c3c[nH]c4ncc(Nc5ccnc(N6CCNCC6)c5)cc34)cc21. The quantitative estimate of drug-likeness (QED) is 0.376. The number of hydrogen-bond donors (Lipinski definition) is 4. The minimum absolute atomic E-state index is 0.0174. The van der Waals surface area contributed by atoms with Crippen LogP contribution in [0, 0.1) is 0 Å². The lowest BCUT2D eigenvalue weighted by Crippen LogP contribution is -2.43. The van der Waals surface area contributed by atoms with Gasteiger partial charge >= 0.3 is 0 Å². The van der Waals surface area contributed by atoms with Gasteiger partial charge in [-0.3, -0.25) is 4.79 Å². The number of anilines is 3. The molecule has 1 fully saturated rings. The number of aromatic amines is 1. The van der Waals surface area contributed by atoms with Crippen LogP contribution in [0.25, 0.3) is 22.2 Å². The molecule has 0 saturated carbocycles. The molecule has 0 bridgehead atoms. The molecule has 0 aliphatic carbocycles. The van der Waals surface area contributed by atoms with Gasteiger partial charge in [-0.05, 0) is 49.2 Å². The number of H-pyrrole nitrogens is 1. The average molecular weight is 454 g/mol. The van der Waals surface area contributed by atoms with Crippen LogP contribution in [-0.4, -0.2) is 47.0 Å². The fourth-order valence-corrected chi connectivity index (χ4v) is 4.89. The zero-order valence-corrected chi connectivity index (χ0v) is 19.3. The Bertz CT molecular complexity index is 1400. The molecule has 0 unspecified atom stereocenters. The number of aromatic nitrogens is 3. The fourth-order valence-electron chi connectivity index (χ4n) is 4.89. The van der Waals surface area contributed by atoms with E-state index in [4.69, 9.17) is 0 Å². The van der Waals surface area contributed by atoms with Crippen LogP contribution in [0.15, 0.2) is 55.0 Å². The molecule has 8 nitrogen and oxygen atoms in total. The summed E-state index contributed by atoms with van der Waals surface area (Å²) in [6, 6.07) is 12.2. The number of amides is 1. The Kier molecular flexibility index (Phi) is 4.77. The number of carbonyl (C=O) groups is 1. The first-order valence-electron chi connectivity index (χ1n) is 11.6. The van der Waals surface area contributed by atoms with Crippen molar-refractivity contribution in [3.05, 3.63) is 66.1 Å². The van der Waals surface area contributed by atoms with Crippen LogP contribution in [-0.2, 0) is 5.54 Å². The van der Waals surface area contributed by atoms with E-state index in [0.717, 1.165) is 76.7 Å². The van der Waals surface area contributed by atoms with Crippen molar-refractivity contribution < 1.29 is 4.79 Å². The van der Waals surface area contributed by atoms with Gasteiger partial charge in [-0.25, -0.2) is 9.97 Å². The van der Waals surface area contributed by atoms with Crippen molar-refractivity contribution in [1.29, 1.82) is 0 Å². The molecular formula is C26H27N7O. The third-order valence-corrected chi connectivity index (χ3v) is 6.68. The summed E-state index contributed by atoms with van der Waals surface area (Å²) < 4.78 is 0. The molecule has 4 aromatic rings. The summed E-state index contributed by atoms with van der Waals surface area (Å²) in [4.78, 5) is 27.0. The number of benzene rings is 1. The zero-order valence-electron chi connectivity index (χ0n) is 19.3. The standard InChI is InChI=1S/C26H27N7O/c1-26(2)22-11-16(3-4-19(22)25(34)32-26)21-15-30-24-20(21)12-18(14-29-24)31-17-5-6-28-23(13-17)33-9-7-27-8-10-33/h3-6,11-15,27H,7-10H2,1-2H3,(H,28,31)(H,29,30)(H,32,34). The number of fused-ring (bicyclic) bond motifs is 2. The van der Waals surface area contributed by atoms with Crippen LogP contribution in [0.1, 0.15) is 29.8 Å². The first-order valence-corrected chi connectivity index (χ1v) is 11.6. The highest BCUT2D eigenvalue weighted by Gasteiger charge is 2.35. The average Bonchev–Trinajstić information content (AvgIpc) is 3.37. The van der Waals surface area contributed by atoms with E-state index < -0.39 is 0 Å². The monoisotopic (exact) mass is 453 g/mol. The number of rotatable bonds is 4. The van der Waals surface area contributed by atoms with Crippen molar-refractivity contribution in [3.8, 4) is 11.1 Å². The smallest absolute Gasteiger partial charge is 0.252 e. The molecule has 0 spiro atoms. The Balaban J connectivity index is 1.32.